The lowest BCUT2D eigenvalue weighted by Gasteiger charge is -2.21. The first-order valence-corrected chi connectivity index (χ1v) is 8.70. The van der Waals surface area contributed by atoms with Crippen molar-refractivity contribution in [2.24, 2.45) is 0 Å². The zero-order valence-electron chi connectivity index (χ0n) is 11.6. The summed E-state index contributed by atoms with van der Waals surface area (Å²) in [6.45, 7) is 5.07. The fraction of sp³-hybridized carbons (Fsp3) is 0.571. The smallest absolute Gasteiger partial charge is 0.155 e. The highest BCUT2D eigenvalue weighted by Crippen LogP contribution is 2.25. The van der Waals surface area contributed by atoms with Gasteiger partial charge < -0.3 is 5.11 Å². The van der Waals surface area contributed by atoms with Gasteiger partial charge in [-0.1, -0.05) is 28.1 Å². The van der Waals surface area contributed by atoms with Crippen LogP contribution < -0.4 is 0 Å². The molecule has 5 heteroatoms. The molecule has 0 saturated heterocycles. The normalized spacial score (nSPS) is 14.4. The minimum atomic E-state index is -3.14. The lowest BCUT2D eigenvalue weighted by atomic mass is 9.98. The highest BCUT2D eigenvalue weighted by atomic mass is 79.9. The Morgan fingerprint density at radius 1 is 1.21 bits per heavy atom. The number of hydrogen-bond acceptors (Lipinski definition) is 3. The Kier molecular flexibility index (Phi) is 5.59. The quantitative estimate of drug-likeness (QED) is 0.889. The molecule has 1 rings (SSSR count). The summed E-state index contributed by atoms with van der Waals surface area (Å²) in [6, 6.07) is 7.62. The van der Waals surface area contributed by atoms with Crippen molar-refractivity contribution in [2.45, 2.75) is 37.9 Å². The van der Waals surface area contributed by atoms with Gasteiger partial charge in [-0.2, -0.15) is 0 Å². The highest BCUT2D eigenvalue weighted by molar-refractivity contribution is 9.10. The first kappa shape index (κ1) is 16.7. The molecule has 1 atom stereocenters. The van der Waals surface area contributed by atoms with Crippen LogP contribution in [0.15, 0.2) is 28.7 Å². The van der Waals surface area contributed by atoms with Gasteiger partial charge in [0.25, 0.3) is 0 Å². The van der Waals surface area contributed by atoms with Gasteiger partial charge in [-0.15, -0.1) is 0 Å². The van der Waals surface area contributed by atoms with E-state index in [0.717, 1.165) is 10.0 Å². The van der Waals surface area contributed by atoms with Crippen LogP contribution in [0.25, 0.3) is 0 Å². The molecule has 3 nitrogen and oxygen atoms in total. The predicted octanol–water partition coefficient (Wildman–Crippen LogP) is 3.13. The fourth-order valence-corrected chi connectivity index (χ4v) is 3.17. The number of aliphatic hydroxyl groups is 1. The molecule has 0 heterocycles. The molecular formula is C14H21BrO3S. The van der Waals surface area contributed by atoms with Gasteiger partial charge in [0, 0.05) is 17.0 Å². The third-order valence-corrected chi connectivity index (χ3v) is 6.40. The van der Waals surface area contributed by atoms with Crippen molar-refractivity contribution in [2.75, 3.05) is 12.4 Å². The molecule has 0 aromatic heterocycles. The molecular weight excluding hydrogens is 328 g/mol. The number of halogens is 1. The maximum absolute atomic E-state index is 12.1. The van der Waals surface area contributed by atoms with E-state index in [1.807, 2.05) is 24.3 Å². The molecule has 0 bridgehead atoms. The molecule has 1 aromatic carbocycles. The van der Waals surface area contributed by atoms with Crippen LogP contribution in [-0.4, -0.2) is 30.6 Å². The third-order valence-electron chi connectivity index (χ3n) is 3.23. The third kappa shape index (κ3) is 4.58. The van der Waals surface area contributed by atoms with Gasteiger partial charge in [-0.3, -0.25) is 0 Å². The van der Waals surface area contributed by atoms with E-state index in [1.54, 1.807) is 20.8 Å². The standard InChI is InChI=1S/C14H21BrO3S/c1-14(2,3)19(17,18)9-8-12(10-16)11-4-6-13(15)7-5-11/h4-7,12,16H,8-10H2,1-3H3. The largest absolute Gasteiger partial charge is 0.396 e. The molecule has 0 aliphatic carbocycles. The first-order valence-electron chi connectivity index (χ1n) is 6.26. The Bertz CT molecular complexity index is 500. The molecule has 0 radical (unpaired) electrons. The minimum absolute atomic E-state index is 0.0404. The Balaban J connectivity index is 2.77. The van der Waals surface area contributed by atoms with Crippen LogP contribution in [0.3, 0.4) is 0 Å². The van der Waals surface area contributed by atoms with E-state index in [0.29, 0.717) is 6.42 Å². The molecule has 1 unspecified atom stereocenters. The van der Waals surface area contributed by atoms with Crippen LogP contribution in [0.4, 0.5) is 0 Å². The van der Waals surface area contributed by atoms with Crippen LogP contribution in [0, 0.1) is 0 Å². The number of aliphatic hydroxyl groups excluding tert-OH is 1. The highest BCUT2D eigenvalue weighted by Gasteiger charge is 2.29. The summed E-state index contributed by atoms with van der Waals surface area (Å²) >= 11 is 3.35. The van der Waals surface area contributed by atoms with Gasteiger partial charge in [-0.05, 0) is 44.9 Å². The van der Waals surface area contributed by atoms with Crippen molar-refractivity contribution < 1.29 is 13.5 Å². The molecule has 0 fully saturated rings. The summed E-state index contributed by atoms with van der Waals surface area (Å²) in [5, 5.41) is 9.44. The fourth-order valence-electron chi connectivity index (χ4n) is 1.70. The Labute approximate surface area is 124 Å². The summed E-state index contributed by atoms with van der Waals surface area (Å²) < 4.78 is 24.4. The van der Waals surface area contributed by atoms with E-state index in [1.165, 1.54) is 0 Å². The van der Waals surface area contributed by atoms with Gasteiger partial charge >= 0.3 is 0 Å². The summed E-state index contributed by atoms with van der Waals surface area (Å²) in [7, 11) is -3.14. The van der Waals surface area contributed by atoms with Crippen molar-refractivity contribution in [3.8, 4) is 0 Å². The molecule has 19 heavy (non-hydrogen) atoms. The average molecular weight is 349 g/mol. The number of hydrogen-bond donors (Lipinski definition) is 1. The summed E-state index contributed by atoms with van der Waals surface area (Å²) in [5.74, 6) is -0.0390. The van der Waals surface area contributed by atoms with E-state index >= 15 is 0 Å². The van der Waals surface area contributed by atoms with Crippen LogP contribution >= 0.6 is 15.9 Å². The van der Waals surface area contributed by atoms with E-state index in [2.05, 4.69) is 15.9 Å². The Morgan fingerprint density at radius 3 is 2.16 bits per heavy atom. The van der Waals surface area contributed by atoms with Crippen molar-refractivity contribution in [1.82, 2.24) is 0 Å². The molecule has 0 spiro atoms. The van der Waals surface area contributed by atoms with Gasteiger partial charge in [0.2, 0.25) is 0 Å². The maximum Gasteiger partial charge on any atom is 0.155 e. The number of benzene rings is 1. The topological polar surface area (TPSA) is 54.4 Å². The SMILES string of the molecule is CC(C)(C)S(=O)(=O)CCC(CO)c1ccc(Br)cc1. The molecule has 1 aromatic rings. The van der Waals surface area contributed by atoms with Crippen LogP contribution in [0.5, 0.6) is 0 Å². The molecule has 0 aliphatic rings. The molecule has 0 aliphatic heterocycles. The van der Waals surface area contributed by atoms with Crippen LogP contribution in [0.1, 0.15) is 38.7 Å². The van der Waals surface area contributed by atoms with Crippen molar-refractivity contribution in [1.29, 1.82) is 0 Å². The van der Waals surface area contributed by atoms with E-state index < -0.39 is 14.6 Å². The molecule has 0 amide bonds. The lowest BCUT2D eigenvalue weighted by Crippen LogP contribution is -2.31. The average Bonchev–Trinajstić information content (AvgIpc) is 2.30. The van der Waals surface area contributed by atoms with E-state index in [4.69, 9.17) is 0 Å². The monoisotopic (exact) mass is 348 g/mol. The maximum atomic E-state index is 12.1. The van der Waals surface area contributed by atoms with Crippen LogP contribution in [-0.2, 0) is 9.84 Å². The van der Waals surface area contributed by atoms with E-state index in [9.17, 15) is 13.5 Å². The number of rotatable bonds is 5. The predicted molar refractivity (Wildman–Crippen MR) is 82.1 cm³/mol. The zero-order chi connectivity index (χ0) is 14.7. The van der Waals surface area contributed by atoms with Gasteiger partial charge in [0.05, 0.1) is 10.5 Å². The second kappa shape index (κ2) is 6.37. The minimum Gasteiger partial charge on any atom is -0.396 e. The second-order valence-electron chi connectivity index (χ2n) is 5.65. The first-order chi connectivity index (χ1) is 8.67. The van der Waals surface area contributed by atoms with Gasteiger partial charge in [-0.25, -0.2) is 8.42 Å². The van der Waals surface area contributed by atoms with Crippen molar-refractivity contribution in [3.63, 3.8) is 0 Å². The lowest BCUT2D eigenvalue weighted by molar-refractivity contribution is 0.262. The number of sulfone groups is 1. The molecule has 0 saturated carbocycles. The zero-order valence-corrected chi connectivity index (χ0v) is 14.0. The van der Waals surface area contributed by atoms with Crippen molar-refractivity contribution >= 4 is 25.8 Å². The van der Waals surface area contributed by atoms with E-state index in [-0.39, 0.29) is 18.3 Å². The summed E-state index contributed by atoms with van der Waals surface area (Å²) in [5.41, 5.74) is 0.967. The Hall–Kier alpha value is -0.390. The molecule has 108 valence electrons. The van der Waals surface area contributed by atoms with Crippen molar-refractivity contribution in [3.05, 3.63) is 34.3 Å². The van der Waals surface area contributed by atoms with Crippen LogP contribution in [0.2, 0.25) is 0 Å². The Morgan fingerprint density at radius 2 is 1.74 bits per heavy atom. The summed E-state index contributed by atoms with van der Waals surface area (Å²) in [6.07, 6.45) is 0.442. The second-order valence-corrected chi connectivity index (χ2v) is 9.43. The molecule has 1 N–H and O–H groups in total. The van der Waals surface area contributed by atoms with Gasteiger partial charge in [0.1, 0.15) is 0 Å². The van der Waals surface area contributed by atoms with Gasteiger partial charge in [0.15, 0.2) is 9.84 Å². The summed E-state index contributed by atoms with van der Waals surface area (Å²) in [4.78, 5) is 0.